The first-order valence-corrected chi connectivity index (χ1v) is 11.2. The predicted octanol–water partition coefficient (Wildman–Crippen LogP) is 2.23. The molecule has 1 aromatic heterocycles. The van der Waals surface area contributed by atoms with Crippen molar-refractivity contribution in [2.24, 2.45) is 0 Å². The second-order valence-electron chi connectivity index (χ2n) is 9.24. The molecular weight excluding hydrogens is 406 g/mol. The fraction of sp³-hybridized carbons (Fsp3) is 0.542. The minimum Gasteiger partial charge on any atom is -0.378 e. The third-order valence-corrected chi connectivity index (χ3v) is 7.04. The SMILES string of the molecule is COC1(C)CCN(c2c(C#N)c(=O)[nH]c3ccc(C(=O)NC4CCN(C)CC4)cc23)CC1. The smallest absolute Gasteiger partial charge is 0.268 e. The Morgan fingerprint density at radius 2 is 1.94 bits per heavy atom. The van der Waals surface area contributed by atoms with Gasteiger partial charge in [-0.05, 0) is 70.9 Å². The largest absolute Gasteiger partial charge is 0.378 e. The molecule has 2 aliphatic heterocycles. The van der Waals surface area contributed by atoms with Crippen LogP contribution in [0.1, 0.15) is 48.5 Å². The lowest BCUT2D eigenvalue weighted by Crippen LogP contribution is -2.44. The van der Waals surface area contributed by atoms with Gasteiger partial charge in [-0.25, -0.2) is 0 Å². The van der Waals surface area contributed by atoms with E-state index in [1.165, 1.54) is 0 Å². The van der Waals surface area contributed by atoms with Gasteiger partial charge in [-0.15, -0.1) is 0 Å². The Morgan fingerprint density at radius 3 is 2.56 bits per heavy atom. The van der Waals surface area contributed by atoms with E-state index >= 15 is 0 Å². The Bertz CT molecular complexity index is 1100. The molecule has 0 bridgehead atoms. The molecule has 0 unspecified atom stereocenters. The molecule has 0 saturated carbocycles. The number of piperidine rings is 2. The second kappa shape index (κ2) is 8.93. The fourth-order valence-corrected chi connectivity index (χ4v) is 4.68. The summed E-state index contributed by atoms with van der Waals surface area (Å²) >= 11 is 0. The van der Waals surface area contributed by atoms with Crippen LogP contribution < -0.4 is 15.8 Å². The molecule has 8 nitrogen and oxygen atoms in total. The number of likely N-dealkylation sites (tertiary alicyclic amines) is 1. The number of benzene rings is 1. The maximum absolute atomic E-state index is 13.0. The molecule has 170 valence electrons. The number of fused-ring (bicyclic) bond motifs is 1. The minimum absolute atomic E-state index is 0.0893. The van der Waals surface area contributed by atoms with Crippen molar-refractivity contribution in [3.05, 3.63) is 39.7 Å². The lowest BCUT2D eigenvalue weighted by Gasteiger charge is -2.40. The van der Waals surface area contributed by atoms with Crippen molar-refractivity contribution < 1.29 is 9.53 Å². The van der Waals surface area contributed by atoms with Crippen molar-refractivity contribution in [3.8, 4) is 6.07 Å². The highest BCUT2D eigenvalue weighted by molar-refractivity contribution is 6.02. The monoisotopic (exact) mass is 437 g/mol. The van der Waals surface area contributed by atoms with E-state index in [0.29, 0.717) is 29.9 Å². The Kier molecular flexibility index (Phi) is 6.22. The number of nitrogens with one attached hydrogen (secondary N) is 2. The summed E-state index contributed by atoms with van der Waals surface area (Å²) in [4.78, 5) is 32.7. The number of nitriles is 1. The number of rotatable bonds is 4. The first-order valence-electron chi connectivity index (χ1n) is 11.2. The van der Waals surface area contributed by atoms with Gasteiger partial charge in [0.25, 0.3) is 11.5 Å². The van der Waals surface area contributed by atoms with Crippen LogP contribution in [-0.2, 0) is 4.74 Å². The van der Waals surface area contributed by atoms with Crippen molar-refractivity contribution in [1.29, 1.82) is 5.26 Å². The zero-order valence-corrected chi connectivity index (χ0v) is 19.0. The van der Waals surface area contributed by atoms with Gasteiger partial charge in [-0.2, -0.15) is 5.26 Å². The summed E-state index contributed by atoms with van der Waals surface area (Å²) in [6.45, 7) is 5.36. The summed E-state index contributed by atoms with van der Waals surface area (Å²) in [6, 6.07) is 7.54. The minimum atomic E-state index is -0.404. The number of methoxy groups -OCH3 is 1. The van der Waals surface area contributed by atoms with E-state index in [2.05, 4.69) is 40.1 Å². The first-order chi connectivity index (χ1) is 15.3. The van der Waals surface area contributed by atoms with Crippen molar-refractivity contribution in [2.45, 2.75) is 44.2 Å². The molecule has 2 N–H and O–H groups in total. The molecule has 32 heavy (non-hydrogen) atoms. The molecule has 0 spiro atoms. The third-order valence-electron chi connectivity index (χ3n) is 7.04. The molecule has 0 radical (unpaired) electrons. The Hall–Kier alpha value is -2.89. The summed E-state index contributed by atoms with van der Waals surface area (Å²) < 4.78 is 5.64. The zero-order valence-electron chi connectivity index (χ0n) is 19.0. The third kappa shape index (κ3) is 4.36. The van der Waals surface area contributed by atoms with E-state index in [-0.39, 0.29) is 23.1 Å². The van der Waals surface area contributed by atoms with Gasteiger partial charge in [-0.3, -0.25) is 9.59 Å². The number of carbonyl (C=O) groups excluding carboxylic acids is 1. The van der Waals surface area contributed by atoms with E-state index in [9.17, 15) is 14.9 Å². The number of ether oxygens (including phenoxy) is 1. The van der Waals surface area contributed by atoms with Gasteiger partial charge >= 0.3 is 0 Å². The van der Waals surface area contributed by atoms with Crippen LogP contribution in [0.15, 0.2) is 23.0 Å². The molecular formula is C24H31N5O3. The number of H-pyrrole nitrogens is 1. The van der Waals surface area contributed by atoms with Gasteiger partial charge in [0.1, 0.15) is 11.6 Å². The molecule has 1 aromatic carbocycles. The molecule has 2 aliphatic rings. The molecule has 2 saturated heterocycles. The highest BCUT2D eigenvalue weighted by atomic mass is 16.5. The van der Waals surface area contributed by atoms with E-state index in [4.69, 9.17) is 4.74 Å². The number of aromatic amines is 1. The summed E-state index contributed by atoms with van der Waals surface area (Å²) in [5, 5.41) is 13.6. The van der Waals surface area contributed by atoms with Crippen LogP contribution in [0.3, 0.4) is 0 Å². The zero-order chi connectivity index (χ0) is 22.9. The highest BCUT2D eigenvalue weighted by Crippen LogP contribution is 2.34. The first kappa shape index (κ1) is 22.3. The summed E-state index contributed by atoms with van der Waals surface area (Å²) in [5.41, 5.74) is 1.25. The van der Waals surface area contributed by atoms with Crippen LogP contribution in [0.25, 0.3) is 10.9 Å². The Morgan fingerprint density at radius 1 is 1.25 bits per heavy atom. The average molecular weight is 438 g/mol. The van der Waals surface area contributed by atoms with Crippen molar-refractivity contribution in [3.63, 3.8) is 0 Å². The van der Waals surface area contributed by atoms with E-state index < -0.39 is 5.56 Å². The van der Waals surface area contributed by atoms with Gasteiger partial charge < -0.3 is 24.8 Å². The van der Waals surface area contributed by atoms with Crippen LogP contribution in [0, 0.1) is 11.3 Å². The van der Waals surface area contributed by atoms with Crippen molar-refractivity contribution in [1.82, 2.24) is 15.2 Å². The number of aromatic nitrogens is 1. The topological polar surface area (TPSA) is 101 Å². The number of pyridine rings is 1. The van der Waals surface area contributed by atoms with Crippen LogP contribution in [-0.4, -0.2) is 67.8 Å². The molecule has 8 heteroatoms. The lowest BCUT2D eigenvalue weighted by molar-refractivity contribution is -0.0132. The molecule has 1 amide bonds. The molecule has 0 atom stereocenters. The second-order valence-corrected chi connectivity index (χ2v) is 9.24. The van der Waals surface area contributed by atoms with Gasteiger partial charge in [0.2, 0.25) is 0 Å². The summed E-state index contributed by atoms with van der Waals surface area (Å²) in [7, 11) is 3.81. The molecule has 2 aromatic rings. The number of amides is 1. The number of anilines is 1. The number of nitrogens with zero attached hydrogens (tertiary/aromatic N) is 3. The quantitative estimate of drug-likeness (QED) is 0.761. The molecule has 3 heterocycles. The summed E-state index contributed by atoms with van der Waals surface area (Å²) in [5.74, 6) is -0.122. The van der Waals surface area contributed by atoms with Gasteiger partial charge in [0.05, 0.1) is 16.8 Å². The summed E-state index contributed by atoms with van der Waals surface area (Å²) in [6.07, 6.45) is 3.44. The average Bonchev–Trinajstić information content (AvgIpc) is 2.80. The standard InChI is InChI=1S/C24H31N5O3/c1-24(32-3)8-12-29(13-9-24)21-18-14-16(4-5-20(18)27-23(31)19(21)15-25)22(30)26-17-6-10-28(2)11-7-17/h4-5,14,17H,6-13H2,1-3H3,(H,26,30)(H,27,31). The van der Waals surface area contributed by atoms with Crippen LogP contribution in [0.2, 0.25) is 0 Å². The maximum atomic E-state index is 13.0. The molecule has 0 aliphatic carbocycles. The highest BCUT2D eigenvalue weighted by Gasteiger charge is 2.32. The lowest BCUT2D eigenvalue weighted by atomic mass is 9.92. The number of hydrogen-bond donors (Lipinski definition) is 2. The molecule has 4 rings (SSSR count). The van der Waals surface area contributed by atoms with Crippen molar-refractivity contribution in [2.75, 3.05) is 45.2 Å². The maximum Gasteiger partial charge on any atom is 0.268 e. The molecule has 2 fully saturated rings. The van der Waals surface area contributed by atoms with E-state index in [1.54, 1.807) is 25.3 Å². The number of carbonyl (C=O) groups is 1. The van der Waals surface area contributed by atoms with Crippen LogP contribution in [0.4, 0.5) is 5.69 Å². The van der Waals surface area contributed by atoms with E-state index in [0.717, 1.165) is 44.2 Å². The van der Waals surface area contributed by atoms with Gasteiger partial charge in [0, 0.05) is 37.2 Å². The fourth-order valence-electron chi connectivity index (χ4n) is 4.68. The van der Waals surface area contributed by atoms with Gasteiger partial charge in [-0.1, -0.05) is 0 Å². The van der Waals surface area contributed by atoms with Crippen LogP contribution >= 0.6 is 0 Å². The van der Waals surface area contributed by atoms with Crippen molar-refractivity contribution >= 4 is 22.5 Å². The predicted molar refractivity (Wildman–Crippen MR) is 124 cm³/mol. The van der Waals surface area contributed by atoms with Crippen LogP contribution in [0.5, 0.6) is 0 Å². The Labute approximate surface area is 188 Å². The van der Waals surface area contributed by atoms with E-state index in [1.807, 2.05) is 0 Å². The number of hydrogen-bond acceptors (Lipinski definition) is 6. The normalized spacial score (nSPS) is 19.6. The Balaban J connectivity index is 1.68. The van der Waals surface area contributed by atoms with Gasteiger partial charge in [0.15, 0.2) is 0 Å².